The molecule has 0 unspecified atom stereocenters. The number of carbonyl (C=O) groups excluding carboxylic acids is 1. The van der Waals surface area contributed by atoms with Crippen LogP contribution in [-0.2, 0) is 11.3 Å². The van der Waals surface area contributed by atoms with E-state index in [1.165, 1.54) is 38.5 Å². The van der Waals surface area contributed by atoms with Crippen molar-refractivity contribution in [3.05, 3.63) is 34.4 Å². The number of carbonyl (C=O) groups is 1. The third-order valence-corrected chi connectivity index (χ3v) is 8.19. The van der Waals surface area contributed by atoms with Crippen LogP contribution in [0.15, 0.2) is 28.9 Å². The molecule has 6 rings (SSSR count). The second-order valence-corrected chi connectivity index (χ2v) is 10.4. The lowest BCUT2D eigenvalue weighted by Gasteiger charge is -2.46. The first-order valence-electron chi connectivity index (χ1n) is 10.8. The Labute approximate surface area is 179 Å². The number of fused-ring (bicyclic) bond motifs is 4. The Kier molecular flexibility index (Phi) is 5.00. The summed E-state index contributed by atoms with van der Waals surface area (Å²) in [5.41, 5.74) is 1.31. The molecule has 1 aromatic carbocycles. The Morgan fingerprint density at radius 1 is 1.24 bits per heavy atom. The van der Waals surface area contributed by atoms with Crippen molar-refractivity contribution in [3.8, 4) is 0 Å². The molecule has 6 heteroatoms. The predicted molar refractivity (Wildman–Crippen MR) is 116 cm³/mol. The van der Waals surface area contributed by atoms with Crippen molar-refractivity contribution >= 4 is 32.7 Å². The van der Waals surface area contributed by atoms with E-state index in [9.17, 15) is 9.90 Å². The van der Waals surface area contributed by atoms with Crippen molar-refractivity contribution < 1.29 is 14.6 Å². The van der Waals surface area contributed by atoms with Gasteiger partial charge in [0.15, 0.2) is 0 Å². The van der Waals surface area contributed by atoms with Crippen molar-refractivity contribution in [1.82, 2.24) is 9.88 Å². The van der Waals surface area contributed by atoms with E-state index in [1.54, 1.807) is 0 Å². The van der Waals surface area contributed by atoms with Crippen molar-refractivity contribution in [2.24, 2.45) is 11.3 Å². The van der Waals surface area contributed by atoms with E-state index in [1.807, 2.05) is 24.4 Å². The van der Waals surface area contributed by atoms with Crippen LogP contribution in [0.5, 0.6) is 0 Å². The number of halogens is 1. The quantitative estimate of drug-likeness (QED) is 0.676. The van der Waals surface area contributed by atoms with Gasteiger partial charge in [-0.1, -0.05) is 22.0 Å². The van der Waals surface area contributed by atoms with Gasteiger partial charge in [0.2, 0.25) is 0 Å². The van der Waals surface area contributed by atoms with E-state index in [0.29, 0.717) is 37.2 Å². The zero-order valence-corrected chi connectivity index (χ0v) is 18.3. The molecule has 2 heterocycles. The first kappa shape index (κ1) is 19.6. The molecule has 1 amide bonds. The highest BCUT2D eigenvalue weighted by atomic mass is 79.9. The fourth-order valence-corrected chi connectivity index (χ4v) is 6.01. The van der Waals surface area contributed by atoms with Gasteiger partial charge in [-0.3, -0.25) is 4.79 Å². The molecule has 3 saturated carbocycles. The number of rotatable bonds is 6. The minimum absolute atomic E-state index is 0.00779. The highest BCUT2D eigenvalue weighted by Crippen LogP contribution is 2.49. The number of nitrogens with one attached hydrogen (secondary N) is 1. The van der Waals surface area contributed by atoms with Crippen LogP contribution in [-0.4, -0.2) is 40.9 Å². The van der Waals surface area contributed by atoms with Gasteiger partial charge >= 0.3 is 0 Å². The van der Waals surface area contributed by atoms with E-state index in [2.05, 4.69) is 25.8 Å². The van der Waals surface area contributed by atoms with E-state index in [4.69, 9.17) is 4.74 Å². The van der Waals surface area contributed by atoms with Crippen LogP contribution < -0.4 is 5.32 Å². The average Bonchev–Trinajstić information content (AvgIpc) is 3.11. The van der Waals surface area contributed by atoms with E-state index >= 15 is 0 Å². The van der Waals surface area contributed by atoms with Crippen LogP contribution in [0.2, 0.25) is 0 Å². The normalized spacial score (nSPS) is 27.7. The van der Waals surface area contributed by atoms with Crippen molar-refractivity contribution in [3.63, 3.8) is 0 Å². The Morgan fingerprint density at radius 3 is 2.62 bits per heavy atom. The summed E-state index contributed by atoms with van der Waals surface area (Å²) in [5.74, 6) is 0.936. The number of nitrogens with zero attached hydrogens (tertiary/aromatic N) is 1. The smallest absolute Gasteiger partial charge is 0.253 e. The standard InChI is InChI=1S/C23H29BrN2O3/c24-18-2-1-3-19-20(18)17(12-26(19)11-10-23(28)14-29-15-23)21(27)25-13-22-7-4-16(5-8-22)6-9-22/h1-3,12,16,28H,4-11,13-15H2,(H,25,27). The van der Waals surface area contributed by atoms with Crippen LogP contribution in [0, 0.1) is 11.3 Å². The molecule has 1 aliphatic heterocycles. The molecule has 1 saturated heterocycles. The topological polar surface area (TPSA) is 63.5 Å². The third-order valence-electron chi connectivity index (χ3n) is 7.53. The lowest BCUT2D eigenvalue weighted by Crippen LogP contribution is -2.50. The molecule has 1 aromatic heterocycles. The van der Waals surface area contributed by atoms with Crippen LogP contribution in [0.4, 0.5) is 0 Å². The first-order chi connectivity index (χ1) is 14.0. The van der Waals surface area contributed by atoms with Gasteiger partial charge in [0.1, 0.15) is 5.60 Å². The van der Waals surface area contributed by atoms with Gasteiger partial charge in [0.25, 0.3) is 5.91 Å². The number of aromatic nitrogens is 1. The molecule has 2 bridgehead atoms. The summed E-state index contributed by atoms with van der Waals surface area (Å²) in [6, 6.07) is 6.02. The summed E-state index contributed by atoms with van der Waals surface area (Å²) >= 11 is 3.64. The second-order valence-electron chi connectivity index (χ2n) is 9.50. The van der Waals surface area contributed by atoms with Gasteiger partial charge in [-0.25, -0.2) is 0 Å². The second kappa shape index (κ2) is 7.40. The number of aliphatic hydroxyl groups is 1. The van der Waals surface area contributed by atoms with Crippen LogP contribution >= 0.6 is 15.9 Å². The fraction of sp³-hybridized carbons (Fsp3) is 0.609. The maximum absolute atomic E-state index is 13.2. The monoisotopic (exact) mass is 460 g/mol. The number of ether oxygens (including phenoxy) is 1. The molecular formula is C23H29BrN2O3. The minimum atomic E-state index is -0.732. The lowest BCUT2D eigenvalue weighted by atomic mass is 9.61. The number of amides is 1. The van der Waals surface area contributed by atoms with Gasteiger partial charge in [-0.05, 0) is 68.4 Å². The molecule has 29 heavy (non-hydrogen) atoms. The molecular weight excluding hydrogens is 432 g/mol. The highest BCUT2D eigenvalue weighted by Gasteiger charge is 2.40. The molecule has 4 fully saturated rings. The Balaban J connectivity index is 1.36. The molecule has 0 atom stereocenters. The average molecular weight is 461 g/mol. The molecule has 2 aromatic rings. The molecule has 0 radical (unpaired) electrons. The molecule has 156 valence electrons. The number of benzene rings is 1. The van der Waals surface area contributed by atoms with Gasteiger partial charge < -0.3 is 19.7 Å². The Hall–Kier alpha value is -1.37. The lowest BCUT2D eigenvalue weighted by molar-refractivity contribution is -0.182. The molecule has 4 aliphatic rings. The molecule has 0 spiro atoms. The summed E-state index contributed by atoms with van der Waals surface area (Å²) < 4.78 is 8.18. The largest absolute Gasteiger partial charge is 0.385 e. The zero-order chi connectivity index (χ0) is 20.1. The summed E-state index contributed by atoms with van der Waals surface area (Å²) in [6.07, 6.45) is 10.3. The number of hydrogen-bond acceptors (Lipinski definition) is 3. The number of hydrogen-bond donors (Lipinski definition) is 2. The summed E-state index contributed by atoms with van der Waals surface area (Å²) in [5, 5.41) is 14.6. The third kappa shape index (κ3) is 3.64. The van der Waals surface area contributed by atoms with Gasteiger partial charge in [0.05, 0.1) is 18.8 Å². The Bertz CT molecular complexity index is 912. The Morgan fingerprint density at radius 2 is 1.97 bits per heavy atom. The first-order valence-corrected chi connectivity index (χ1v) is 11.6. The fourth-order valence-electron chi connectivity index (χ4n) is 5.44. The summed E-state index contributed by atoms with van der Waals surface area (Å²) in [7, 11) is 0. The van der Waals surface area contributed by atoms with Gasteiger partial charge in [-0.2, -0.15) is 0 Å². The maximum atomic E-state index is 13.2. The number of aryl methyl sites for hydroxylation is 1. The van der Waals surface area contributed by atoms with Crippen molar-refractivity contribution in [1.29, 1.82) is 0 Å². The van der Waals surface area contributed by atoms with Crippen molar-refractivity contribution in [2.45, 2.75) is 57.1 Å². The van der Waals surface area contributed by atoms with Crippen LogP contribution in [0.3, 0.4) is 0 Å². The van der Waals surface area contributed by atoms with E-state index < -0.39 is 5.60 Å². The summed E-state index contributed by atoms with van der Waals surface area (Å²) in [6.45, 7) is 2.23. The van der Waals surface area contributed by atoms with Crippen LogP contribution in [0.1, 0.15) is 55.3 Å². The SMILES string of the molecule is O=C(NCC12CCC(CC1)CC2)c1cn(CCC2(O)COC2)c2cccc(Br)c12. The molecule has 5 nitrogen and oxygen atoms in total. The van der Waals surface area contributed by atoms with E-state index in [0.717, 1.165) is 27.8 Å². The van der Waals surface area contributed by atoms with Gasteiger partial charge in [-0.15, -0.1) is 0 Å². The van der Waals surface area contributed by atoms with E-state index in [-0.39, 0.29) is 5.91 Å². The summed E-state index contributed by atoms with van der Waals surface area (Å²) in [4.78, 5) is 13.2. The van der Waals surface area contributed by atoms with Gasteiger partial charge in [0, 0.05) is 34.7 Å². The predicted octanol–water partition coefficient (Wildman–Crippen LogP) is 4.26. The maximum Gasteiger partial charge on any atom is 0.253 e. The molecule has 3 aliphatic carbocycles. The highest BCUT2D eigenvalue weighted by molar-refractivity contribution is 9.10. The molecule has 2 N–H and O–H groups in total. The van der Waals surface area contributed by atoms with Crippen molar-refractivity contribution in [2.75, 3.05) is 19.8 Å². The zero-order valence-electron chi connectivity index (χ0n) is 16.8. The van der Waals surface area contributed by atoms with Crippen LogP contribution in [0.25, 0.3) is 10.9 Å². The minimum Gasteiger partial charge on any atom is -0.385 e.